The fraction of sp³-hybridized carbons (Fsp3) is 0.643. The number of nitrogen functional groups attached to an aromatic ring is 1. The number of nitrogens with one attached hydrogen (secondary N) is 1. The van der Waals surface area contributed by atoms with Gasteiger partial charge in [0.15, 0.2) is 5.76 Å². The Bertz CT molecular complexity index is 499. The third-order valence-electron chi connectivity index (χ3n) is 4.44. The number of hydrogen-bond acceptors (Lipinski definition) is 5. The molecule has 3 heterocycles. The average Bonchev–Trinajstić information content (AvgIpc) is 3.05. The van der Waals surface area contributed by atoms with E-state index < -0.39 is 0 Å². The highest BCUT2D eigenvalue weighted by Gasteiger charge is 2.30. The van der Waals surface area contributed by atoms with Gasteiger partial charge >= 0.3 is 5.91 Å². The number of furan rings is 1. The summed E-state index contributed by atoms with van der Waals surface area (Å²) in [6, 6.07) is 2.52. The monoisotopic (exact) mass is 278 g/mol. The molecule has 0 spiro atoms. The van der Waals surface area contributed by atoms with Crippen molar-refractivity contribution in [3.63, 3.8) is 0 Å². The van der Waals surface area contributed by atoms with Crippen LogP contribution in [0.3, 0.4) is 0 Å². The molecule has 2 saturated heterocycles. The number of carbonyl (C=O) groups excluding carboxylic acids is 1. The maximum atomic E-state index is 11.5. The molecule has 1 aromatic rings. The summed E-state index contributed by atoms with van der Waals surface area (Å²) in [5.74, 6) is 5.85. The molecule has 0 saturated carbocycles. The van der Waals surface area contributed by atoms with Gasteiger partial charge in [-0.2, -0.15) is 0 Å². The highest BCUT2D eigenvalue weighted by atomic mass is 16.4. The van der Waals surface area contributed by atoms with Gasteiger partial charge in [0, 0.05) is 37.8 Å². The first-order valence-corrected chi connectivity index (χ1v) is 7.24. The summed E-state index contributed by atoms with van der Waals surface area (Å²) in [5.41, 5.74) is 3.18. The fourth-order valence-corrected chi connectivity index (χ4v) is 3.30. The zero-order chi connectivity index (χ0) is 14.1. The van der Waals surface area contributed by atoms with Crippen molar-refractivity contribution in [2.24, 2.45) is 5.84 Å². The van der Waals surface area contributed by atoms with E-state index in [1.54, 1.807) is 6.07 Å². The second-order valence-corrected chi connectivity index (χ2v) is 5.73. The number of rotatable bonds is 3. The van der Waals surface area contributed by atoms with E-state index in [1.165, 1.54) is 19.4 Å². The van der Waals surface area contributed by atoms with Crippen molar-refractivity contribution in [1.29, 1.82) is 0 Å². The van der Waals surface area contributed by atoms with Gasteiger partial charge in [-0.25, -0.2) is 5.84 Å². The van der Waals surface area contributed by atoms with Crippen molar-refractivity contribution in [3.05, 3.63) is 23.2 Å². The van der Waals surface area contributed by atoms with Gasteiger partial charge in [-0.15, -0.1) is 0 Å². The Morgan fingerprint density at radius 1 is 1.50 bits per heavy atom. The number of carbonyl (C=O) groups is 1. The Hall–Kier alpha value is -1.37. The fourth-order valence-electron chi connectivity index (χ4n) is 3.30. The largest absolute Gasteiger partial charge is 0.456 e. The summed E-state index contributed by atoms with van der Waals surface area (Å²) in [7, 11) is 0. The molecule has 6 nitrogen and oxygen atoms in total. The van der Waals surface area contributed by atoms with Gasteiger partial charge in [0.25, 0.3) is 0 Å². The second kappa shape index (κ2) is 5.55. The van der Waals surface area contributed by atoms with Gasteiger partial charge in [0.05, 0.1) is 0 Å². The highest BCUT2D eigenvalue weighted by molar-refractivity contribution is 5.91. The molecule has 0 radical (unpaired) electrons. The van der Waals surface area contributed by atoms with Gasteiger partial charge in [-0.3, -0.25) is 20.0 Å². The van der Waals surface area contributed by atoms with E-state index in [4.69, 9.17) is 10.3 Å². The first-order valence-electron chi connectivity index (χ1n) is 7.24. The minimum Gasteiger partial charge on any atom is -0.456 e. The molecule has 1 atom stereocenters. The molecular formula is C14H22N4O2. The zero-order valence-electron chi connectivity index (χ0n) is 11.9. The topological polar surface area (TPSA) is 74.7 Å². The number of aryl methyl sites for hydroxylation is 1. The van der Waals surface area contributed by atoms with E-state index in [2.05, 4.69) is 15.2 Å². The van der Waals surface area contributed by atoms with Crippen LogP contribution in [0.15, 0.2) is 10.5 Å². The van der Waals surface area contributed by atoms with E-state index in [0.717, 1.165) is 37.5 Å². The van der Waals surface area contributed by atoms with E-state index in [-0.39, 0.29) is 5.91 Å². The molecular weight excluding hydrogens is 256 g/mol. The number of nitrogens with two attached hydrogens (primary N) is 1. The number of fused-ring (bicyclic) bond motifs is 1. The van der Waals surface area contributed by atoms with Crippen LogP contribution in [0, 0.1) is 6.92 Å². The number of amides is 1. The molecule has 3 rings (SSSR count). The Morgan fingerprint density at radius 3 is 3.15 bits per heavy atom. The lowest BCUT2D eigenvalue weighted by Crippen LogP contribution is -2.49. The van der Waals surface area contributed by atoms with Gasteiger partial charge in [0.1, 0.15) is 5.76 Å². The van der Waals surface area contributed by atoms with Crippen LogP contribution in [0.1, 0.15) is 34.7 Å². The molecule has 0 bridgehead atoms. The second-order valence-electron chi connectivity index (χ2n) is 5.73. The van der Waals surface area contributed by atoms with E-state index in [9.17, 15) is 4.79 Å². The zero-order valence-corrected chi connectivity index (χ0v) is 11.9. The molecule has 2 aliphatic rings. The first-order chi connectivity index (χ1) is 9.67. The molecule has 6 heteroatoms. The third kappa shape index (κ3) is 2.59. The van der Waals surface area contributed by atoms with Crippen LogP contribution in [-0.4, -0.2) is 47.9 Å². The predicted molar refractivity (Wildman–Crippen MR) is 75.0 cm³/mol. The van der Waals surface area contributed by atoms with Crippen molar-refractivity contribution in [3.8, 4) is 0 Å². The number of nitrogens with zero attached hydrogens (tertiary/aromatic N) is 2. The molecule has 20 heavy (non-hydrogen) atoms. The molecule has 2 aliphatic heterocycles. The Labute approximate surface area is 118 Å². The highest BCUT2D eigenvalue weighted by Crippen LogP contribution is 2.24. The van der Waals surface area contributed by atoms with E-state index in [1.807, 2.05) is 6.92 Å². The van der Waals surface area contributed by atoms with Gasteiger partial charge in [-0.05, 0) is 32.4 Å². The van der Waals surface area contributed by atoms with Gasteiger partial charge in [0.2, 0.25) is 0 Å². The predicted octanol–water partition coefficient (Wildman–Crippen LogP) is 0.472. The Morgan fingerprint density at radius 2 is 2.35 bits per heavy atom. The van der Waals surface area contributed by atoms with Crippen molar-refractivity contribution in [2.75, 3.05) is 26.2 Å². The molecule has 0 aromatic carbocycles. The van der Waals surface area contributed by atoms with Crippen LogP contribution in [0.5, 0.6) is 0 Å². The normalized spacial score (nSPS) is 23.8. The molecule has 1 amide bonds. The standard InChI is InChI=1S/C14H22N4O2/c1-10-11(7-13(20-10)14(19)16-15)8-17-5-6-18-4-2-3-12(18)9-17/h7,12H,2-6,8-9,15H2,1H3,(H,16,19). The van der Waals surface area contributed by atoms with Crippen molar-refractivity contribution in [2.45, 2.75) is 32.4 Å². The summed E-state index contributed by atoms with van der Waals surface area (Å²) in [5, 5.41) is 0. The Balaban J connectivity index is 1.65. The van der Waals surface area contributed by atoms with Gasteiger partial charge in [-0.1, -0.05) is 0 Å². The quantitative estimate of drug-likeness (QED) is 0.478. The first kappa shape index (κ1) is 13.6. The average molecular weight is 278 g/mol. The summed E-state index contributed by atoms with van der Waals surface area (Å²) in [4.78, 5) is 16.5. The lowest BCUT2D eigenvalue weighted by atomic mass is 10.1. The number of hydrazine groups is 1. The molecule has 0 aliphatic carbocycles. The molecule has 1 aromatic heterocycles. The van der Waals surface area contributed by atoms with Crippen LogP contribution in [0.4, 0.5) is 0 Å². The lowest BCUT2D eigenvalue weighted by Gasteiger charge is -2.37. The molecule has 3 N–H and O–H groups in total. The molecule has 2 fully saturated rings. The molecule has 1 unspecified atom stereocenters. The van der Waals surface area contributed by atoms with Gasteiger partial charge < -0.3 is 4.42 Å². The number of hydrogen-bond donors (Lipinski definition) is 2. The van der Waals surface area contributed by atoms with Crippen LogP contribution < -0.4 is 11.3 Å². The van der Waals surface area contributed by atoms with E-state index >= 15 is 0 Å². The number of piperazine rings is 1. The minimum atomic E-state index is -0.375. The summed E-state index contributed by atoms with van der Waals surface area (Å²) >= 11 is 0. The van der Waals surface area contributed by atoms with Crippen LogP contribution >= 0.6 is 0 Å². The smallest absolute Gasteiger partial charge is 0.300 e. The summed E-state index contributed by atoms with van der Waals surface area (Å²) in [6.07, 6.45) is 2.63. The van der Waals surface area contributed by atoms with Crippen LogP contribution in [0.2, 0.25) is 0 Å². The molecule has 110 valence electrons. The van der Waals surface area contributed by atoms with E-state index in [0.29, 0.717) is 11.8 Å². The minimum absolute atomic E-state index is 0.291. The van der Waals surface area contributed by atoms with Crippen LogP contribution in [-0.2, 0) is 6.54 Å². The summed E-state index contributed by atoms with van der Waals surface area (Å²) in [6.45, 7) is 7.34. The van der Waals surface area contributed by atoms with Crippen molar-refractivity contribution < 1.29 is 9.21 Å². The van der Waals surface area contributed by atoms with Crippen molar-refractivity contribution in [1.82, 2.24) is 15.2 Å². The maximum absolute atomic E-state index is 11.5. The SMILES string of the molecule is Cc1oc(C(=O)NN)cc1CN1CCN2CCCC2C1. The lowest BCUT2D eigenvalue weighted by molar-refractivity contribution is 0.0924. The maximum Gasteiger partial charge on any atom is 0.300 e. The van der Waals surface area contributed by atoms with Crippen molar-refractivity contribution >= 4 is 5.91 Å². The third-order valence-corrected chi connectivity index (χ3v) is 4.44. The van der Waals surface area contributed by atoms with Crippen LogP contribution in [0.25, 0.3) is 0 Å². The Kier molecular flexibility index (Phi) is 3.78. The summed E-state index contributed by atoms with van der Waals surface area (Å²) < 4.78 is 5.47.